The molecule has 7 heteroatoms. The van der Waals surface area contributed by atoms with Crippen LogP contribution in [-0.4, -0.2) is 26.4 Å². The van der Waals surface area contributed by atoms with Crippen LogP contribution >= 0.6 is 0 Å². The lowest BCUT2D eigenvalue weighted by molar-refractivity contribution is -0.384. The van der Waals surface area contributed by atoms with Crippen molar-refractivity contribution in [3.05, 3.63) is 46.7 Å². The molecule has 2 aromatic heterocycles. The number of nitro groups is 1. The van der Waals surface area contributed by atoms with E-state index < -0.39 is 4.92 Å². The average Bonchev–Trinajstić information content (AvgIpc) is 2.82. The zero-order valence-corrected chi connectivity index (χ0v) is 8.96. The Hall–Kier alpha value is -2.44. The molecule has 0 aromatic carbocycles. The Kier molecular flexibility index (Phi) is 3.29. The summed E-state index contributed by atoms with van der Waals surface area (Å²) in [7, 11) is 0. The SMILES string of the molecule is O=[N+]([O-])c1cccnc1NCCc1ncc[nH]1. The van der Waals surface area contributed by atoms with Crippen LogP contribution in [0.4, 0.5) is 11.5 Å². The molecule has 0 radical (unpaired) electrons. The van der Waals surface area contributed by atoms with Crippen LogP contribution in [0.5, 0.6) is 0 Å². The maximum atomic E-state index is 10.7. The molecule has 17 heavy (non-hydrogen) atoms. The fraction of sp³-hybridized carbons (Fsp3) is 0.200. The van der Waals surface area contributed by atoms with Crippen LogP contribution in [0.1, 0.15) is 5.82 Å². The van der Waals surface area contributed by atoms with Crippen molar-refractivity contribution < 1.29 is 4.92 Å². The summed E-state index contributed by atoms with van der Waals surface area (Å²) < 4.78 is 0. The van der Waals surface area contributed by atoms with Gasteiger partial charge in [0, 0.05) is 37.6 Å². The number of anilines is 1. The number of H-pyrrole nitrogens is 1. The molecule has 0 aliphatic rings. The molecule has 2 aromatic rings. The molecule has 7 nitrogen and oxygen atoms in total. The van der Waals surface area contributed by atoms with Crippen molar-refractivity contribution in [2.45, 2.75) is 6.42 Å². The second kappa shape index (κ2) is 5.06. The lowest BCUT2D eigenvalue weighted by Gasteiger charge is -2.04. The maximum Gasteiger partial charge on any atom is 0.311 e. The molecule has 2 rings (SSSR count). The number of aromatic amines is 1. The first kappa shape index (κ1) is 11.1. The van der Waals surface area contributed by atoms with Gasteiger partial charge in [0.15, 0.2) is 0 Å². The largest absolute Gasteiger partial charge is 0.364 e. The normalized spacial score (nSPS) is 10.1. The van der Waals surface area contributed by atoms with Gasteiger partial charge in [-0.25, -0.2) is 9.97 Å². The summed E-state index contributed by atoms with van der Waals surface area (Å²) in [5, 5.41) is 13.6. The molecule has 0 bridgehead atoms. The Bertz CT molecular complexity index is 497. The average molecular weight is 233 g/mol. The highest BCUT2D eigenvalue weighted by atomic mass is 16.6. The van der Waals surface area contributed by atoms with Gasteiger partial charge in [0.05, 0.1) is 4.92 Å². The van der Waals surface area contributed by atoms with E-state index in [1.165, 1.54) is 18.3 Å². The van der Waals surface area contributed by atoms with E-state index in [1.807, 2.05) is 0 Å². The quantitative estimate of drug-likeness (QED) is 0.600. The molecule has 0 saturated heterocycles. The zero-order chi connectivity index (χ0) is 12.1. The van der Waals surface area contributed by atoms with Gasteiger partial charge >= 0.3 is 5.69 Å². The van der Waals surface area contributed by atoms with Crippen LogP contribution in [0.25, 0.3) is 0 Å². The maximum absolute atomic E-state index is 10.7. The monoisotopic (exact) mass is 233 g/mol. The number of nitrogens with zero attached hydrogens (tertiary/aromatic N) is 3. The zero-order valence-electron chi connectivity index (χ0n) is 8.96. The molecule has 2 N–H and O–H groups in total. The summed E-state index contributed by atoms with van der Waals surface area (Å²) in [6.45, 7) is 0.533. The topological polar surface area (TPSA) is 96.7 Å². The molecule has 0 atom stereocenters. The van der Waals surface area contributed by atoms with Crippen molar-refractivity contribution in [3.8, 4) is 0 Å². The summed E-state index contributed by atoms with van der Waals surface area (Å²) in [6, 6.07) is 2.96. The molecule has 0 aliphatic carbocycles. The van der Waals surface area contributed by atoms with Gasteiger partial charge in [0.2, 0.25) is 5.82 Å². The van der Waals surface area contributed by atoms with Crippen molar-refractivity contribution in [2.75, 3.05) is 11.9 Å². The van der Waals surface area contributed by atoms with Gasteiger partial charge in [-0.15, -0.1) is 0 Å². The van der Waals surface area contributed by atoms with Crippen molar-refractivity contribution in [3.63, 3.8) is 0 Å². The Balaban J connectivity index is 1.97. The van der Waals surface area contributed by atoms with Gasteiger partial charge in [-0.2, -0.15) is 0 Å². The fourth-order valence-corrected chi connectivity index (χ4v) is 1.41. The predicted molar refractivity (Wildman–Crippen MR) is 61.7 cm³/mol. The first-order chi connectivity index (χ1) is 8.27. The van der Waals surface area contributed by atoms with E-state index in [2.05, 4.69) is 20.3 Å². The number of imidazole rings is 1. The first-order valence-corrected chi connectivity index (χ1v) is 5.09. The van der Waals surface area contributed by atoms with E-state index >= 15 is 0 Å². The molecule has 88 valence electrons. The first-order valence-electron chi connectivity index (χ1n) is 5.09. The van der Waals surface area contributed by atoms with E-state index in [9.17, 15) is 10.1 Å². The van der Waals surface area contributed by atoms with E-state index in [4.69, 9.17) is 0 Å². The number of nitrogens with one attached hydrogen (secondary N) is 2. The molecule has 0 amide bonds. The van der Waals surface area contributed by atoms with Gasteiger partial charge in [-0.1, -0.05) is 0 Å². The summed E-state index contributed by atoms with van der Waals surface area (Å²) in [6.07, 6.45) is 5.57. The second-order valence-corrected chi connectivity index (χ2v) is 3.34. The fourth-order valence-electron chi connectivity index (χ4n) is 1.41. The second-order valence-electron chi connectivity index (χ2n) is 3.34. The minimum Gasteiger partial charge on any atom is -0.364 e. The summed E-state index contributed by atoms with van der Waals surface area (Å²) in [5.74, 6) is 1.11. The van der Waals surface area contributed by atoms with E-state index in [0.717, 1.165) is 5.82 Å². The minimum atomic E-state index is -0.456. The van der Waals surface area contributed by atoms with Crippen LogP contribution in [-0.2, 0) is 6.42 Å². The summed E-state index contributed by atoms with van der Waals surface area (Å²) >= 11 is 0. The van der Waals surface area contributed by atoms with Crippen LogP contribution in [0.15, 0.2) is 30.7 Å². The van der Waals surface area contributed by atoms with Crippen LogP contribution in [0.2, 0.25) is 0 Å². The third-order valence-electron chi connectivity index (χ3n) is 2.19. The Labute approximate surface area is 97.1 Å². The highest BCUT2D eigenvalue weighted by Crippen LogP contribution is 2.19. The number of rotatable bonds is 5. The van der Waals surface area contributed by atoms with Crippen molar-refractivity contribution in [2.24, 2.45) is 0 Å². The minimum absolute atomic E-state index is 0.0213. The lowest BCUT2D eigenvalue weighted by atomic mass is 10.3. The third kappa shape index (κ3) is 2.77. The molecule has 2 heterocycles. The van der Waals surface area contributed by atoms with Crippen LogP contribution in [0.3, 0.4) is 0 Å². The molecular weight excluding hydrogens is 222 g/mol. The van der Waals surface area contributed by atoms with E-state index in [1.54, 1.807) is 12.4 Å². The van der Waals surface area contributed by atoms with Gasteiger partial charge in [-0.05, 0) is 6.07 Å². The van der Waals surface area contributed by atoms with Gasteiger partial charge < -0.3 is 10.3 Å². The lowest BCUT2D eigenvalue weighted by Crippen LogP contribution is -2.09. The molecule has 0 unspecified atom stereocenters. The van der Waals surface area contributed by atoms with Crippen molar-refractivity contribution in [1.29, 1.82) is 0 Å². The number of hydrogen-bond donors (Lipinski definition) is 2. The Morgan fingerprint density at radius 2 is 2.29 bits per heavy atom. The van der Waals surface area contributed by atoms with Gasteiger partial charge in [0.25, 0.3) is 0 Å². The molecule has 0 aliphatic heterocycles. The van der Waals surface area contributed by atoms with Crippen LogP contribution < -0.4 is 5.32 Å². The Morgan fingerprint density at radius 1 is 1.41 bits per heavy atom. The number of pyridine rings is 1. The predicted octanol–water partition coefficient (Wildman–Crippen LogP) is 1.37. The molecule has 0 saturated carbocycles. The highest BCUT2D eigenvalue weighted by Gasteiger charge is 2.13. The number of aromatic nitrogens is 3. The van der Waals surface area contributed by atoms with Crippen LogP contribution in [0, 0.1) is 10.1 Å². The van der Waals surface area contributed by atoms with E-state index in [-0.39, 0.29) is 11.5 Å². The van der Waals surface area contributed by atoms with Crippen molar-refractivity contribution >= 4 is 11.5 Å². The molecule has 0 fully saturated rings. The summed E-state index contributed by atoms with van der Waals surface area (Å²) in [4.78, 5) is 21.2. The highest BCUT2D eigenvalue weighted by molar-refractivity contribution is 5.54. The van der Waals surface area contributed by atoms with Gasteiger partial charge in [-0.3, -0.25) is 10.1 Å². The smallest absolute Gasteiger partial charge is 0.311 e. The van der Waals surface area contributed by atoms with Crippen molar-refractivity contribution in [1.82, 2.24) is 15.0 Å². The number of hydrogen-bond acceptors (Lipinski definition) is 5. The van der Waals surface area contributed by atoms with E-state index in [0.29, 0.717) is 13.0 Å². The standard InChI is InChI=1S/C10H11N5O2/c16-15(17)8-2-1-4-13-10(8)14-5-3-9-11-6-7-12-9/h1-2,4,6-7H,3,5H2,(H,11,12)(H,13,14). The molecular formula is C10H11N5O2. The third-order valence-corrected chi connectivity index (χ3v) is 2.19. The molecule has 0 spiro atoms. The van der Waals surface area contributed by atoms with Gasteiger partial charge in [0.1, 0.15) is 5.82 Å². The summed E-state index contributed by atoms with van der Waals surface area (Å²) in [5.41, 5.74) is -0.0213. The Morgan fingerprint density at radius 3 is 3.00 bits per heavy atom.